The molecule has 35 heavy (non-hydrogen) atoms. The molecule has 0 atom stereocenters. The van der Waals surface area contributed by atoms with Gasteiger partial charge in [0.25, 0.3) is 0 Å². The standard InChI is InChI=1S/C25H31F3N4O3/c26-25(27,28)18-1-6-23(35-21-9-13-30-14-10-21)22(15-18)32-24(33)31-19-2-4-20(5-3-19)34-16-17-7-11-29-12-8-17/h1,6-8,11-12,15,19-21,30H,2-5,9-10,13-14,16H2,(H2,31,32,33). The summed E-state index contributed by atoms with van der Waals surface area (Å²) in [5.41, 5.74) is 0.241. The summed E-state index contributed by atoms with van der Waals surface area (Å²) in [6, 6.07) is 6.40. The fraction of sp³-hybridized carbons (Fsp3) is 0.520. The van der Waals surface area contributed by atoms with E-state index in [1.165, 1.54) is 6.07 Å². The molecule has 2 heterocycles. The Balaban J connectivity index is 1.31. The van der Waals surface area contributed by atoms with Crippen LogP contribution in [0.2, 0.25) is 0 Å². The van der Waals surface area contributed by atoms with Crippen molar-refractivity contribution in [3.63, 3.8) is 0 Å². The Kier molecular flexibility index (Phi) is 8.46. The van der Waals surface area contributed by atoms with Gasteiger partial charge in [0.05, 0.1) is 24.0 Å². The average molecular weight is 493 g/mol. The first kappa shape index (κ1) is 25.2. The van der Waals surface area contributed by atoms with E-state index >= 15 is 0 Å². The number of carbonyl (C=O) groups is 1. The predicted molar refractivity (Wildman–Crippen MR) is 125 cm³/mol. The number of pyridine rings is 1. The molecule has 1 aliphatic carbocycles. The number of carbonyl (C=O) groups excluding carboxylic acids is 1. The van der Waals surface area contributed by atoms with Crippen molar-refractivity contribution in [2.45, 2.75) is 69.6 Å². The van der Waals surface area contributed by atoms with Crippen molar-refractivity contribution in [2.24, 2.45) is 0 Å². The molecule has 1 aliphatic heterocycles. The molecule has 0 bridgehead atoms. The van der Waals surface area contributed by atoms with E-state index in [-0.39, 0.29) is 29.7 Å². The maximum absolute atomic E-state index is 13.3. The number of nitrogens with zero attached hydrogens (tertiary/aromatic N) is 1. The number of ether oxygens (including phenoxy) is 2. The second-order valence-electron chi connectivity index (χ2n) is 9.01. The number of aromatic nitrogens is 1. The van der Waals surface area contributed by atoms with Crippen LogP contribution in [0.25, 0.3) is 0 Å². The highest BCUT2D eigenvalue weighted by Gasteiger charge is 2.32. The summed E-state index contributed by atoms with van der Waals surface area (Å²) in [5, 5.41) is 8.70. The number of piperidine rings is 1. The number of halogens is 3. The SMILES string of the molecule is O=C(Nc1cc(C(F)(F)F)ccc1OC1CCNCC1)NC1CCC(OCc2ccncc2)CC1. The van der Waals surface area contributed by atoms with Gasteiger partial charge in [0.2, 0.25) is 0 Å². The minimum absolute atomic E-state index is 0.0187. The van der Waals surface area contributed by atoms with E-state index in [0.717, 1.165) is 69.3 Å². The number of hydrogen-bond acceptors (Lipinski definition) is 5. The summed E-state index contributed by atoms with van der Waals surface area (Å²) in [6.07, 6.45) is 3.49. The van der Waals surface area contributed by atoms with Gasteiger partial charge in [-0.15, -0.1) is 0 Å². The summed E-state index contributed by atoms with van der Waals surface area (Å²) in [7, 11) is 0. The van der Waals surface area contributed by atoms with Crippen molar-refractivity contribution in [3.8, 4) is 5.75 Å². The first-order valence-electron chi connectivity index (χ1n) is 12.0. The zero-order chi connectivity index (χ0) is 24.7. The minimum atomic E-state index is -4.52. The summed E-state index contributed by atoms with van der Waals surface area (Å²) in [6.45, 7) is 2.08. The first-order chi connectivity index (χ1) is 16.9. The number of urea groups is 1. The van der Waals surface area contributed by atoms with E-state index in [4.69, 9.17) is 9.47 Å². The molecule has 2 aliphatic rings. The van der Waals surface area contributed by atoms with Crippen molar-refractivity contribution in [2.75, 3.05) is 18.4 Å². The molecule has 1 aromatic heterocycles. The maximum atomic E-state index is 13.3. The van der Waals surface area contributed by atoms with Crippen LogP contribution in [0.15, 0.2) is 42.7 Å². The van der Waals surface area contributed by atoms with Crippen LogP contribution in [0.3, 0.4) is 0 Å². The van der Waals surface area contributed by atoms with E-state index in [0.29, 0.717) is 6.61 Å². The molecule has 3 N–H and O–H groups in total. The highest BCUT2D eigenvalue weighted by molar-refractivity contribution is 5.91. The molecule has 2 fully saturated rings. The average Bonchev–Trinajstić information content (AvgIpc) is 2.85. The Morgan fingerprint density at radius 2 is 1.71 bits per heavy atom. The van der Waals surface area contributed by atoms with Crippen LogP contribution in [0.1, 0.15) is 49.7 Å². The van der Waals surface area contributed by atoms with Gasteiger partial charge in [0.1, 0.15) is 11.9 Å². The lowest BCUT2D eigenvalue weighted by molar-refractivity contribution is -0.137. The topological polar surface area (TPSA) is 84.5 Å². The highest BCUT2D eigenvalue weighted by Crippen LogP contribution is 2.36. The number of anilines is 1. The number of alkyl halides is 3. The number of nitrogens with one attached hydrogen (secondary N) is 3. The van der Waals surface area contributed by atoms with Crippen molar-refractivity contribution in [1.29, 1.82) is 0 Å². The Labute approximate surface area is 202 Å². The summed E-state index contributed by atoms with van der Waals surface area (Å²) in [4.78, 5) is 16.7. The van der Waals surface area contributed by atoms with Gasteiger partial charge in [-0.1, -0.05) is 0 Å². The first-order valence-corrected chi connectivity index (χ1v) is 12.0. The fourth-order valence-corrected chi connectivity index (χ4v) is 4.41. The van der Waals surface area contributed by atoms with E-state index < -0.39 is 17.8 Å². The van der Waals surface area contributed by atoms with E-state index in [2.05, 4.69) is 20.9 Å². The van der Waals surface area contributed by atoms with Gasteiger partial charge in [-0.2, -0.15) is 13.2 Å². The van der Waals surface area contributed by atoms with E-state index in [1.807, 2.05) is 12.1 Å². The van der Waals surface area contributed by atoms with Gasteiger partial charge < -0.3 is 25.4 Å². The molecule has 2 amide bonds. The smallest absolute Gasteiger partial charge is 0.416 e. The molecule has 1 saturated heterocycles. The normalized spacial score (nSPS) is 21.3. The van der Waals surface area contributed by atoms with Crippen molar-refractivity contribution in [3.05, 3.63) is 53.9 Å². The monoisotopic (exact) mass is 492 g/mol. The van der Waals surface area contributed by atoms with Crippen LogP contribution < -0.4 is 20.7 Å². The number of amides is 2. The van der Waals surface area contributed by atoms with Crippen molar-refractivity contribution >= 4 is 11.7 Å². The molecule has 1 aromatic carbocycles. The minimum Gasteiger partial charge on any atom is -0.488 e. The largest absolute Gasteiger partial charge is 0.488 e. The number of hydrogen-bond donors (Lipinski definition) is 3. The lowest BCUT2D eigenvalue weighted by Gasteiger charge is -2.29. The predicted octanol–water partition coefficient (Wildman–Crippen LogP) is 4.88. The van der Waals surface area contributed by atoms with E-state index in [1.54, 1.807) is 12.4 Å². The van der Waals surface area contributed by atoms with E-state index in [9.17, 15) is 18.0 Å². The van der Waals surface area contributed by atoms with Crippen LogP contribution >= 0.6 is 0 Å². The third-order valence-corrected chi connectivity index (χ3v) is 6.38. The zero-order valence-electron chi connectivity index (χ0n) is 19.4. The summed E-state index contributed by atoms with van der Waals surface area (Å²) in [5.74, 6) is 0.244. The van der Waals surface area contributed by atoms with Gasteiger partial charge in [-0.05, 0) is 87.5 Å². The quantitative estimate of drug-likeness (QED) is 0.513. The molecule has 10 heteroatoms. The van der Waals surface area contributed by atoms with Gasteiger partial charge in [-0.3, -0.25) is 4.98 Å². The highest BCUT2D eigenvalue weighted by atomic mass is 19.4. The van der Waals surface area contributed by atoms with Crippen LogP contribution in [-0.2, 0) is 17.5 Å². The van der Waals surface area contributed by atoms with Gasteiger partial charge >= 0.3 is 12.2 Å². The number of benzene rings is 1. The van der Waals surface area contributed by atoms with Gasteiger partial charge in [-0.25, -0.2) is 4.79 Å². The zero-order valence-corrected chi connectivity index (χ0v) is 19.4. The van der Waals surface area contributed by atoms with Crippen LogP contribution in [0.5, 0.6) is 5.75 Å². The fourth-order valence-electron chi connectivity index (χ4n) is 4.41. The second-order valence-corrected chi connectivity index (χ2v) is 9.01. The molecule has 0 unspecified atom stereocenters. The van der Waals surface area contributed by atoms with Crippen molar-refractivity contribution in [1.82, 2.24) is 15.6 Å². The second kappa shape index (κ2) is 11.7. The molecule has 1 saturated carbocycles. The van der Waals surface area contributed by atoms with Crippen LogP contribution in [-0.4, -0.2) is 42.4 Å². The molecule has 4 rings (SSSR count). The Hall–Kier alpha value is -2.85. The molecule has 0 spiro atoms. The van der Waals surface area contributed by atoms with Crippen LogP contribution in [0, 0.1) is 0 Å². The third kappa shape index (κ3) is 7.57. The third-order valence-electron chi connectivity index (χ3n) is 6.38. The maximum Gasteiger partial charge on any atom is 0.416 e. The Morgan fingerprint density at radius 1 is 1.00 bits per heavy atom. The Morgan fingerprint density at radius 3 is 2.40 bits per heavy atom. The molecule has 0 radical (unpaired) electrons. The lowest BCUT2D eigenvalue weighted by atomic mass is 9.93. The molecular formula is C25H31F3N4O3. The molecule has 190 valence electrons. The Bertz CT molecular complexity index is 960. The van der Waals surface area contributed by atoms with Gasteiger partial charge in [0, 0.05) is 18.4 Å². The summed E-state index contributed by atoms with van der Waals surface area (Å²) >= 11 is 0. The van der Waals surface area contributed by atoms with Gasteiger partial charge in [0.15, 0.2) is 0 Å². The lowest BCUT2D eigenvalue weighted by Crippen LogP contribution is -2.41. The van der Waals surface area contributed by atoms with Crippen LogP contribution in [0.4, 0.5) is 23.7 Å². The molecule has 2 aromatic rings. The van der Waals surface area contributed by atoms with Crippen molar-refractivity contribution < 1.29 is 27.4 Å². The number of rotatable bonds is 7. The molecular weight excluding hydrogens is 461 g/mol. The summed E-state index contributed by atoms with van der Waals surface area (Å²) < 4.78 is 51.8. The molecule has 7 nitrogen and oxygen atoms in total.